The van der Waals surface area contributed by atoms with Crippen LogP contribution in [0.15, 0.2) is 40.9 Å². The fraction of sp³-hybridized carbons (Fsp3) is 0.154. The number of fused-ring (bicyclic) bond motifs is 1. The predicted octanol–water partition coefficient (Wildman–Crippen LogP) is 3.88. The predicted molar refractivity (Wildman–Crippen MR) is 78.6 cm³/mol. The van der Waals surface area contributed by atoms with Gasteiger partial charge in [-0.15, -0.1) is 16.7 Å². The van der Waals surface area contributed by atoms with Crippen LogP contribution >= 0.6 is 27.5 Å². The number of nitrogens with zero attached hydrogens (tertiary/aromatic N) is 4. The van der Waals surface area contributed by atoms with Gasteiger partial charge in [0.15, 0.2) is 5.82 Å². The Hall–Kier alpha value is -1.46. The van der Waals surface area contributed by atoms with Crippen molar-refractivity contribution in [3.63, 3.8) is 0 Å². The Morgan fingerprint density at radius 1 is 1.16 bits per heavy atom. The molecule has 1 unspecified atom stereocenters. The number of benzene rings is 2. The first-order chi connectivity index (χ1) is 9.18. The average Bonchev–Trinajstić information content (AvgIpc) is 2.89. The van der Waals surface area contributed by atoms with Crippen LogP contribution in [0, 0.1) is 0 Å². The molecule has 0 bridgehead atoms. The van der Waals surface area contributed by atoms with Crippen molar-refractivity contribution in [2.24, 2.45) is 0 Å². The summed E-state index contributed by atoms with van der Waals surface area (Å²) in [6, 6.07) is 12.1. The molecule has 1 aromatic heterocycles. The molecule has 0 radical (unpaired) electrons. The summed E-state index contributed by atoms with van der Waals surface area (Å²) < 4.78 is 2.73. The second kappa shape index (κ2) is 4.90. The highest BCUT2D eigenvalue weighted by molar-refractivity contribution is 9.10. The van der Waals surface area contributed by atoms with E-state index in [1.807, 2.05) is 37.3 Å². The fourth-order valence-corrected chi connectivity index (χ4v) is 2.66. The van der Waals surface area contributed by atoms with E-state index in [0.29, 0.717) is 5.82 Å². The highest BCUT2D eigenvalue weighted by Crippen LogP contribution is 2.30. The van der Waals surface area contributed by atoms with Crippen molar-refractivity contribution in [1.29, 1.82) is 0 Å². The van der Waals surface area contributed by atoms with Crippen molar-refractivity contribution in [2.75, 3.05) is 0 Å². The van der Waals surface area contributed by atoms with Gasteiger partial charge in [0.1, 0.15) is 0 Å². The van der Waals surface area contributed by atoms with Crippen LogP contribution in [0.4, 0.5) is 0 Å². The zero-order chi connectivity index (χ0) is 13.4. The van der Waals surface area contributed by atoms with Gasteiger partial charge in [0.05, 0.1) is 11.1 Å². The van der Waals surface area contributed by atoms with Gasteiger partial charge in [0.25, 0.3) is 0 Å². The first kappa shape index (κ1) is 12.6. The van der Waals surface area contributed by atoms with Gasteiger partial charge in [0, 0.05) is 9.86 Å². The number of aromatic nitrogens is 4. The molecule has 19 heavy (non-hydrogen) atoms. The molecule has 2 aromatic carbocycles. The van der Waals surface area contributed by atoms with E-state index in [1.54, 1.807) is 4.68 Å². The van der Waals surface area contributed by atoms with E-state index in [4.69, 9.17) is 11.6 Å². The minimum Gasteiger partial charge on any atom is -0.195 e. The molecule has 3 aromatic rings. The van der Waals surface area contributed by atoms with Crippen molar-refractivity contribution in [3.05, 3.63) is 46.7 Å². The van der Waals surface area contributed by atoms with Gasteiger partial charge in [-0.25, -0.2) is 0 Å². The summed E-state index contributed by atoms with van der Waals surface area (Å²) in [5.74, 6) is 0.633. The maximum absolute atomic E-state index is 6.11. The van der Waals surface area contributed by atoms with E-state index in [1.165, 1.54) is 0 Å². The third-order valence-electron chi connectivity index (χ3n) is 2.93. The van der Waals surface area contributed by atoms with Crippen LogP contribution in [0.5, 0.6) is 0 Å². The minimum absolute atomic E-state index is 0.252. The monoisotopic (exact) mass is 336 g/mol. The highest BCUT2D eigenvalue weighted by Gasteiger charge is 2.15. The van der Waals surface area contributed by atoms with Crippen molar-refractivity contribution < 1.29 is 0 Å². The largest absolute Gasteiger partial charge is 0.195 e. The van der Waals surface area contributed by atoms with E-state index in [0.717, 1.165) is 20.9 Å². The van der Waals surface area contributed by atoms with Crippen molar-refractivity contribution in [3.8, 4) is 5.69 Å². The number of rotatable bonds is 2. The van der Waals surface area contributed by atoms with Crippen LogP contribution in [0.25, 0.3) is 16.5 Å². The lowest BCUT2D eigenvalue weighted by Crippen LogP contribution is -2.04. The smallest absolute Gasteiger partial charge is 0.174 e. The van der Waals surface area contributed by atoms with Gasteiger partial charge in [0.2, 0.25) is 0 Å². The van der Waals surface area contributed by atoms with E-state index in [-0.39, 0.29) is 5.38 Å². The maximum Gasteiger partial charge on any atom is 0.174 e. The number of halogens is 2. The Balaban J connectivity index is 2.31. The van der Waals surface area contributed by atoms with E-state index in [9.17, 15) is 0 Å². The van der Waals surface area contributed by atoms with E-state index < -0.39 is 0 Å². The maximum atomic E-state index is 6.11. The first-order valence-corrected chi connectivity index (χ1v) is 7.01. The summed E-state index contributed by atoms with van der Waals surface area (Å²) in [6.07, 6.45) is 0. The molecule has 0 aliphatic carbocycles. The molecule has 0 amide bonds. The quantitative estimate of drug-likeness (QED) is 0.667. The SMILES string of the molecule is CC(Cl)c1nnnn1-c1ccc(Br)c2ccccc12. The van der Waals surface area contributed by atoms with E-state index in [2.05, 4.69) is 37.5 Å². The molecule has 6 heteroatoms. The lowest BCUT2D eigenvalue weighted by atomic mass is 10.1. The summed E-state index contributed by atoms with van der Waals surface area (Å²) in [6.45, 7) is 1.85. The van der Waals surface area contributed by atoms with Crippen LogP contribution in [0.3, 0.4) is 0 Å². The standard InChI is InChI=1S/C13H10BrClN4/c1-8(15)13-16-17-18-19(13)12-7-6-11(14)9-4-2-3-5-10(9)12/h2-8H,1H3. The first-order valence-electron chi connectivity index (χ1n) is 5.78. The van der Waals surface area contributed by atoms with Gasteiger partial charge >= 0.3 is 0 Å². The van der Waals surface area contributed by atoms with Crippen LogP contribution in [0.1, 0.15) is 18.1 Å². The highest BCUT2D eigenvalue weighted by atomic mass is 79.9. The minimum atomic E-state index is -0.252. The zero-order valence-electron chi connectivity index (χ0n) is 10.1. The topological polar surface area (TPSA) is 43.6 Å². The lowest BCUT2D eigenvalue weighted by Gasteiger charge is -2.10. The molecule has 4 nitrogen and oxygen atoms in total. The molecule has 0 aliphatic rings. The molecule has 3 rings (SSSR count). The summed E-state index contributed by atoms with van der Waals surface area (Å²) in [5, 5.41) is 13.7. The summed E-state index contributed by atoms with van der Waals surface area (Å²) in [5.41, 5.74) is 0.923. The Kier molecular flexibility index (Phi) is 3.24. The van der Waals surface area contributed by atoms with Crippen LogP contribution < -0.4 is 0 Å². The normalized spacial score (nSPS) is 12.8. The number of hydrogen-bond donors (Lipinski definition) is 0. The Bertz CT molecular complexity index is 738. The Morgan fingerprint density at radius 3 is 2.63 bits per heavy atom. The van der Waals surface area contributed by atoms with Crippen molar-refractivity contribution in [2.45, 2.75) is 12.3 Å². The molecule has 0 N–H and O–H groups in total. The van der Waals surface area contributed by atoms with Crippen LogP contribution in [0.2, 0.25) is 0 Å². The van der Waals surface area contributed by atoms with Gasteiger partial charge in [-0.1, -0.05) is 40.2 Å². The molecule has 0 aliphatic heterocycles. The molecule has 0 saturated carbocycles. The second-order valence-corrected chi connectivity index (χ2v) is 5.69. The summed E-state index contributed by atoms with van der Waals surface area (Å²) >= 11 is 9.66. The average molecular weight is 338 g/mol. The molecular formula is C13H10BrClN4. The molecule has 0 saturated heterocycles. The second-order valence-electron chi connectivity index (χ2n) is 4.18. The van der Waals surface area contributed by atoms with E-state index >= 15 is 0 Å². The number of tetrazole rings is 1. The molecule has 0 spiro atoms. The van der Waals surface area contributed by atoms with Gasteiger partial charge in [-0.2, -0.15) is 4.68 Å². The van der Waals surface area contributed by atoms with Gasteiger partial charge < -0.3 is 0 Å². The summed E-state index contributed by atoms with van der Waals surface area (Å²) in [4.78, 5) is 0. The Labute approximate surface area is 123 Å². The van der Waals surface area contributed by atoms with Crippen LogP contribution in [-0.2, 0) is 0 Å². The number of hydrogen-bond acceptors (Lipinski definition) is 3. The van der Waals surface area contributed by atoms with Crippen molar-refractivity contribution in [1.82, 2.24) is 20.2 Å². The molecule has 0 fully saturated rings. The van der Waals surface area contributed by atoms with Gasteiger partial charge in [-0.3, -0.25) is 0 Å². The van der Waals surface area contributed by atoms with Gasteiger partial charge in [-0.05, 0) is 34.9 Å². The Morgan fingerprint density at radius 2 is 1.89 bits per heavy atom. The van der Waals surface area contributed by atoms with Crippen molar-refractivity contribution >= 4 is 38.3 Å². The third kappa shape index (κ3) is 2.13. The molecule has 1 heterocycles. The zero-order valence-corrected chi connectivity index (χ0v) is 12.4. The lowest BCUT2D eigenvalue weighted by molar-refractivity contribution is 0.765. The van der Waals surface area contributed by atoms with Crippen LogP contribution in [-0.4, -0.2) is 20.2 Å². The molecule has 1 atom stereocenters. The third-order valence-corrected chi connectivity index (χ3v) is 3.81. The molecule has 96 valence electrons. The molecular weight excluding hydrogens is 328 g/mol. The number of alkyl halides is 1. The fourth-order valence-electron chi connectivity index (χ4n) is 2.04. The summed E-state index contributed by atoms with van der Waals surface area (Å²) in [7, 11) is 0.